The van der Waals surface area contributed by atoms with E-state index in [0.29, 0.717) is 0 Å². The van der Waals surface area contributed by atoms with Crippen LogP contribution in [0.4, 0.5) is 17.6 Å². The maximum Gasteiger partial charge on any atom is 0.268 e. The molecular formula is C7H3ClF4O3S. The van der Waals surface area contributed by atoms with E-state index in [1.165, 1.54) is 0 Å². The van der Waals surface area contributed by atoms with Crippen molar-refractivity contribution in [3.63, 3.8) is 0 Å². The molecule has 0 aliphatic rings. The molecule has 0 aliphatic carbocycles. The van der Waals surface area contributed by atoms with Crippen molar-refractivity contribution < 1.29 is 30.7 Å². The summed E-state index contributed by atoms with van der Waals surface area (Å²) in [6.45, 7) is 0. The number of hydrogen-bond acceptors (Lipinski definition) is 3. The number of rotatable bonds is 2. The first-order chi connectivity index (χ1) is 7.21. The lowest BCUT2D eigenvalue weighted by Gasteiger charge is -2.09. The van der Waals surface area contributed by atoms with Gasteiger partial charge in [0.25, 0.3) is 9.05 Å². The van der Waals surface area contributed by atoms with Gasteiger partial charge in [-0.15, -0.1) is 0 Å². The Hall–Kier alpha value is -1.02. The van der Waals surface area contributed by atoms with Crippen molar-refractivity contribution >= 4 is 19.7 Å². The van der Waals surface area contributed by atoms with Crippen molar-refractivity contribution in [2.45, 2.75) is 4.90 Å². The summed E-state index contributed by atoms with van der Waals surface area (Å²) in [6, 6.07) is 0. The van der Waals surface area contributed by atoms with E-state index in [4.69, 9.17) is 10.7 Å². The Morgan fingerprint density at radius 1 is 1.00 bits per heavy atom. The van der Waals surface area contributed by atoms with E-state index < -0.39 is 43.0 Å². The fraction of sp³-hybridized carbons (Fsp3) is 0.143. The van der Waals surface area contributed by atoms with Crippen LogP contribution in [0.3, 0.4) is 0 Å². The number of hydrogen-bond donors (Lipinski definition) is 0. The highest BCUT2D eigenvalue weighted by atomic mass is 35.7. The molecule has 0 aliphatic heterocycles. The van der Waals surface area contributed by atoms with E-state index in [0.717, 1.165) is 7.11 Å². The minimum Gasteiger partial charge on any atom is -0.492 e. The zero-order valence-electron chi connectivity index (χ0n) is 7.52. The molecule has 1 aromatic rings. The van der Waals surface area contributed by atoms with Crippen molar-refractivity contribution in [1.29, 1.82) is 0 Å². The first kappa shape index (κ1) is 13.0. The number of benzene rings is 1. The lowest BCUT2D eigenvalue weighted by Crippen LogP contribution is -2.08. The summed E-state index contributed by atoms with van der Waals surface area (Å²) in [7, 11) is 0.679. The summed E-state index contributed by atoms with van der Waals surface area (Å²) in [5.41, 5.74) is 0. The molecule has 90 valence electrons. The maximum atomic E-state index is 13.1. The SMILES string of the molecule is COc1c(F)c(F)c(F)c(F)c1S(=O)(=O)Cl. The van der Waals surface area contributed by atoms with E-state index in [9.17, 15) is 26.0 Å². The molecule has 0 radical (unpaired) electrons. The Morgan fingerprint density at radius 3 is 1.81 bits per heavy atom. The Bertz CT molecular complexity index is 543. The predicted octanol–water partition coefficient (Wildman–Crippen LogP) is 2.18. The second-order valence-corrected chi connectivity index (χ2v) is 5.06. The van der Waals surface area contributed by atoms with Gasteiger partial charge in [0.1, 0.15) is 0 Å². The third kappa shape index (κ3) is 1.94. The van der Waals surface area contributed by atoms with Crippen LogP contribution < -0.4 is 4.74 Å². The summed E-state index contributed by atoms with van der Waals surface area (Å²) in [4.78, 5) is -1.58. The predicted molar refractivity (Wildman–Crippen MR) is 45.9 cm³/mol. The standard InChI is InChI=1S/C7H3ClF4O3S/c1-15-6-4(11)2(9)3(10)5(12)7(6)16(8,13)14/h1H3. The maximum absolute atomic E-state index is 13.1. The number of halogens is 5. The monoisotopic (exact) mass is 278 g/mol. The minimum atomic E-state index is -4.81. The third-order valence-electron chi connectivity index (χ3n) is 1.63. The summed E-state index contributed by atoms with van der Waals surface area (Å²) in [5, 5.41) is 0. The fourth-order valence-electron chi connectivity index (χ4n) is 0.991. The van der Waals surface area contributed by atoms with Crippen molar-refractivity contribution in [2.75, 3.05) is 7.11 Å². The summed E-state index contributed by atoms with van der Waals surface area (Å²) in [5.74, 6) is -9.88. The fourth-order valence-corrected chi connectivity index (χ4v) is 2.10. The lowest BCUT2D eigenvalue weighted by atomic mass is 10.3. The molecule has 1 rings (SSSR count). The Morgan fingerprint density at radius 2 is 1.44 bits per heavy atom. The third-order valence-corrected chi connectivity index (χ3v) is 2.95. The molecule has 0 bridgehead atoms. The molecule has 0 amide bonds. The quantitative estimate of drug-likeness (QED) is 0.360. The summed E-state index contributed by atoms with van der Waals surface area (Å²) < 4.78 is 77.3. The van der Waals surface area contributed by atoms with E-state index in [1.54, 1.807) is 0 Å². The average molecular weight is 279 g/mol. The molecule has 0 heterocycles. The molecule has 0 atom stereocenters. The molecule has 0 saturated carbocycles. The van der Waals surface area contributed by atoms with Gasteiger partial charge in [0.15, 0.2) is 22.3 Å². The largest absolute Gasteiger partial charge is 0.492 e. The normalized spacial score (nSPS) is 11.6. The van der Waals surface area contributed by atoms with Crippen molar-refractivity contribution in [1.82, 2.24) is 0 Å². The lowest BCUT2D eigenvalue weighted by molar-refractivity contribution is 0.328. The molecule has 0 spiro atoms. The van der Waals surface area contributed by atoms with Crippen LogP contribution in [0.1, 0.15) is 0 Å². The molecule has 1 aromatic carbocycles. The van der Waals surface area contributed by atoms with Gasteiger partial charge in [-0.05, 0) is 0 Å². The number of methoxy groups -OCH3 is 1. The van der Waals surface area contributed by atoms with Crippen LogP contribution in [-0.2, 0) is 9.05 Å². The van der Waals surface area contributed by atoms with Crippen molar-refractivity contribution in [3.05, 3.63) is 23.3 Å². The summed E-state index contributed by atoms with van der Waals surface area (Å²) >= 11 is 0. The highest BCUT2D eigenvalue weighted by molar-refractivity contribution is 8.13. The van der Waals surface area contributed by atoms with Crippen LogP contribution in [0, 0.1) is 23.3 Å². The summed E-state index contributed by atoms with van der Waals surface area (Å²) in [6.07, 6.45) is 0. The van der Waals surface area contributed by atoms with Crippen LogP contribution in [0.25, 0.3) is 0 Å². The zero-order valence-corrected chi connectivity index (χ0v) is 9.10. The van der Waals surface area contributed by atoms with Crippen molar-refractivity contribution in [3.8, 4) is 5.75 Å². The van der Waals surface area contributed by atoms with Crippen LogP contribution in [0.5, 0.6) is 5.75 Å². The van der Waals surface area contributed by atoms with E-state index in [-0.39, 0.29) is 0 Å². The smallest absolute Gasteiger partial charge is 0.268 e. The molecule has 3 nitrogen and oxygen atoms in total. The zero-order chi connectivity index (χ0) is 12.7. The van der Waals surface area contributed by atoms with Crippen LogP contribution in [0.15, 0.2) is 4.90 Å². The Balaban J connectivity index is 3.87. The molecule has 0 aromatic heterocycles. The Kier molecular flexibility index (Phi) is 3.34. The highest BCUT2D eigenvalue weighted by Gasteiger charge is 2.32. The molecule has 0 saturated heterocycles. The van der Waals surface area contributed by atoms with Gasteiger partial charge < -0.3 is 4.74 Å². The number of ether oxygens (including phenoxy) is 1. The average Bonchev–Trinajstić information content (AvgIpc) is 2.18. The molecule has 0 unspecified atom stereocenters. The van der Waals surface area contributed by atoms with Gasteiger partial charge in [-0.2, -0.15) is 4.39 Å². The van der Waals surface area contributed by atoms with Gasteiger partial charge in [0, 0.05) is 10.7 Å². The minimum absolute atomic E-state index is 0.751. The second-order valence-electron chi connectivity index (χ2n) is 2.56. The molecular weight excluding hydrogens is 276 g/mol. The second kappa shape index (κ2) is 4.10. The van der Waals surface area contributed by atoms with Gasteiger partial charge >= 0.3 is 0 Å². The van der Waals surface area contributed by atoms with Gasteiger partial charge in [-0.25, -0.2) is 21.6 Å². The molecule has 16 heavy (non-hydrogen) atoms. The van der Waals surface area contributed by atoms with Crippen LogP contribution >= 0.6 is 10.7 Å². The van der Waals surface area contributed by atoms with E-state index in [1.807, 2.05) is 0 Å². The van der Waals surface area contributed by atoms with Gasteiger partial charge in [-0.3, -0.25) is 0 Å². The molecule has 0 N–H and O–H groups in total. The van der Waals surface area contributed by atoms with Gasteiger partial charge in [0.2, 0.25) is 11.6 Å². The van der Waals surface area contributed by atoms with Crippen molar-refractivity contribution in [2.24, 2.45) is 0 Å². The topological polar surface area (TPSA) is 43.4 Å². The van der Waals surface area contributed by atoms with Gasteiger partial charge in [-0.1, -0.05) is 0 Å². The van der Waals surface area contributed by atoms with Crippen LogP contribution in [0.2, 0.25) is 0 Å². The van der Waals surface area contributed by atoms with Crippen LogP contribution in [-0.4, -0.2) is 15.5 Å². The van der Waals surface area contributed by atoms with E-state index in [2.05, 4.69) is 4.74 Å². The van der Waals surface area contributed by atoms with E-state index >= 15 is 0 Å². The molecule has 0 fully saturated rings. The Labute approximate surface area is 92.0 Å². The first-order valence-corrected chi connectivity index (χ1v) is 5.87. The highest BCUT2D eigenvalue weighted by Crippen LogP contribution is 2.35. The molecule has 9 heteroatoms. The first-order valence-electron chi connectivity index (χ1n) is 3.56. The van der Waals surface area contributed by atoms with Gasteiger partial charge in [0.05, 0.1) is 7.11 Å².